The predicted octanol–water partition coefficient (Wildman–Crippen LogP) is 4.10. The second kappa shape index (κ2) is 9.46. The van der Waals surface area contributed by atoms with Crippen LogP contribution in [0.3, 0.4) is 0 Å². The SMILES string of the molecule is O=C(c1ccc(CSc2nc3ccccc3c(=O)n2CC2CCCO2)cc1)N1CCCC1. The van der Waals surface area contributed by atoms with E-state index in [1.165, 1.54) is 0 Å². The first-order valence-corrected chi connectivity index (χ1v) is 12.3. The van der Waals surface area contributed by atoms with Crippen LogP contribution in [0.15, 0.2) is 58.5 Å². The standard InChI is InChI=1S/C25H27N3O3S/c29-23(27-13-3-4-14-27)19-11-9-18(10-12-19)17-32-25-26-22-8-2-1-7-21(22)24(30)28(25)16-20-6-5-15-31-20/h1-2,7-12,20H,3-6,13-17H2. The number of hydrogen-bond acceptors (Lipinski definition) is 5. The average Bonchev–Trinajstić information content (AvgIpc) is 3.54. The summed E-state index contributed by atoms with van der Waals surface area (Å²) in [5.41, 5.74) is 2.54. The molecule has 32 heavy (non-hydrogen) atoms. The first-order valence-electron chi connectivity index (χ1n) is 11.3. The Morgan fingerprint density at radius 1 is 1.06 bits per heavy atom. The van der Waals surface area contributed by atoms with Crippen LogP contribution in [-0.4, -0.2) is 46.2 Å². The van der Waals surface area contributed by atoms with Gasteiger partial charge in [-0.25, -0.2) is 4.98 Å². The van der Waals surface area contributed by atoms with E-state index in [0.29, 0.717) is 22.8 Å². The van der Waals surface area contributed by atoms with Crippen molar-refractivity contribution in [1.29, 1.82) is 0 Å². The number of benzene rings is 2. The van der Waals surface area contributed by atoms with Gasteiger partial charge in [0.25, 0.3) is 11.5 Å². The van der Waals surface area contributed by atoms with E-state index in [0.717, 1.165) is 62.0 Å². The quantitative estimate of drug-likeness (QED) is 0.419. The van der Waals surface area contributed by atoms with Crippen LogP contribution in [-0.2, 0) is 17.0 Å². The van der Waals surface area contributed by atoms with E-state index in [1.807, 2.05) is 53.4 Å². The minimum Gasteiger partial charge on any atom is -0.376 e. The number of nitrogens with zero attached hydrogens (tertiary/aromatic N) is 3. The highest BCUT2D eigenvalue weighted by Crippen LogP contribution is 2.24. The largest absolute Gasteiger partial charge is 0.376 e. The van der Waals surface area contributed by atoms with Crippen LogP contribution in [0.4, 0.5) is 0 Å². The third kappa shape index (κ3) is 4.45. The van der Waals surface area contributed by atoms with Crippen LogP contribution in [0.5, 0.6) is 0 Å². The van der Waals surface area contributed by atoms with Crippen molar-refractivity contribution < 1.29 is 9.53 Å². The molecule has 0 saturated carbocycles. The van der Waals surface area contributed by atoms with E-state index < -0.39 is 0 Å². The number of hydrogen-bond donors (Lipinski definition) is 0. The molecule has 0 bridgehead atoms. The molecular formula is C25H27N3O3S. The molecule has 0 N–H and O–H groups in total. The molecule has 1 atom stereocenters. The second-order valence-electron chi connectivity index (χ2n) is 8.45. The highest BCUT2D eigenvalue weighted by molar-refractivity contribution is 7.98. The number of ether oxygens (including phenoxy) is 1. The molecule has 1 amide bonds. The molecule has 0 aliphatic carbocycles. The predicted molar refractivity (Wildman–Crippen MR) is 126 cm³/mol. The maximum atomic E-state index is 13.2. The van der Waals surface area contributed by atoms with Crippen LogP contribution < -0.4 is 5.56 Å². The molecule has 0 radical (unpaired) electrons. The fourth-order valence-corrected chi connectivity index (χ4v) is 5.37. The van der Waals surface area contributed by atoms with Crippen LogP contribution in [0.1, 0.15) is 41.6 Å². The minimum atomic E-state index is -0.0137. The Morgan fingerprint density at radius 3 is 2.59 bits per heavy atom. The maximum Gasteiger partial charge on any atom is 0.262 e. The van der Waals surface area contributed by atoms with E-state index in [4.69, 9.17) is 9.72 Å². The molecule has 166 valence electrons. The third-order valence-corrected chi connectivity index (χ3v) is 7.25. The lowest BCUT2D eigenvalue weighted by Crippen LogP contribution is -2.28. The summed E-state index contributed by atoms with van der Waals surface area (Å²) in [7, 11) is 0. The Balaban J connectivity index is 1.36. The molecule has 3 heterocycles. The average molecular weight is 450 g/mol. The fourth-order valence-electron chi connectivity index (χ4n) is 4.41. The van der Waals surface area contributed by atoms with E-state index in [9.17, 15) is 9.59 Å². The summed E-state index contributed by atoms with van der Waals surface area (Å²) in [6, 6.07) is 15.3. The van der Waals surface area contributed by atoms with Gasteiger partial charge in [-0.2, -0.15) is 0 Å². The first-order chi connectivity index (χ1) is 15.7. The summed E-state index contributed by atoms with van der Waals surface area (Å²) in [6.07, 6.45) is 4.24. The molecular weight excluding hydrogens is 422 g/mol. The first kappa shape index (κ1) is 21.2. The lowest BCUT2D eigenvalue weighted by Gasteiger charge is -2.17. The zero-order chi connectivity index (χ0) is 21.9. The van der Waals surface area contributed by atoms with Crippen molar-refractivity contribution in [2.24, 2.45) is 0 Å². The van der Waals surface area contributed by atoms with Crippen LogP contribution in [0.25, 0.3) is 10.9 Å². The van der Waals surface area contributed by atoms with Crippen molar-refractivity contribution >= 4 is 28.6 Å². The Labute approximate surface area is 191 Å². The Kier molecular flexibility index (Phi) is 6.28. The smallest absolute Gasteiger partial charge is 0.262 e. The number of aromatic nitrogens is 2. The fraction of sp³-hybridized carbons (Fsp3) is 0.400. The van der Waals surface area contributed by atoms with Gasteiger partial charge in [0, 0.05) is 31.0 Å². The van der Waals surface area contributed by atoms with E-state index in [2.05, 4.69) is 0 Å². The summed E-state index contributed by atoms with van der Waals surface area (Å²) < 4.78 is 7.56. The second-order valence-corrected chi connectivity index (χ2v) is 9.39. The number of thioether (sulfide) groups is 1. The van der Waals surface area contributed by atoms with Gasteiger partial charge in [0.05, 0.1) is 23.6 Å². The maximum absolute atomic E-state index is 13.2. The molecule has 3 aromatic rings. The molecule has 2 aromatic carbocycles. The number of carbonyl (C=O) groups is 1. The molecule has 2 saturated heterocycles. The summed E-state index contributed by atoms with van der Waals surface area (Å²) >= 11 is 1.55. The molecule has 2 fully saturated rings. The number of fused-ring (bicyclic) bond motifs is 1. The van der Waals surface area contributed by atoms with Crippen molar-refractivity contribution in [1.82, 2.24) is 14.5 Å². The van der Waals surface area contributed by atoms with E-state index in [1.54, 1.807) is 16.3 Å². The van der Waals surface area contributed by atoms with Crippen LogP contribution >= 0.6 is 11.8 Å². The van der Waals surface area contributed by atoms with Gasteiger partial charge in [-0.15, -0.1) is 0 Å². The van der Waals surface area contributed by atoms with Crippen molar-refractivity contribution in [3.8, 4) is 0 Å². The zero-order valence-corrected chi connectivity index (χ0v) is 18.9. The number of rotatable bonds is 6. The highest BCUT2D eigenvalue weighted by Gasteiger charge is 2.21. The number of para-hydroxylation sites is 1. The number of carbonyl (C=O) groups excluding carboxylic acids is 1. The van der Waals surface area contributed by atoms with Gasteiger partial charge in [-0.3, -0.25) is 14.2 Å². The van der Waals surface area contributed by atoms with Gasteiger partial charge in [0.1, 0.15) is 0 Å². The monoisotopic (exact) mass is 449 g/mol. The summed E-state index contributed by atoms with van der Waals surface area (Å²) in [5.74, 6) is 0.789. The molecule has 6 nitrogen and oxygen atoms in total. The molecule has 7 heteroatoms. The minimum absolute atomic E-state index is 0.0137. The summed E-state index contributed by atoms with van der Waals surface area (Å²) in [4.78, 5) is 32.5. The van der Waals surface area contributed by atoms with Gasteiger partial charge in [0.15, 0.2) is 5.16 Å². The van der Waals surface area contributed by atoms with Crippen LogP contribution in [0.2, 0.25) is 0 Å². The number of amides is 1. The normalized spacial score (nSPS) is 18.5. The third-order valence-electron chi connectivity index (χ3n) is 6.20. The van der Waals surface area contributed by atoms with E-state index >= 15 is 0 Å². The number of likely N-dealkylation sites (tertiary alicyclic amines) is 1. The molecule has 0 spiro atoms. The molecule has 5 rings (SSSR count). The Hall–Kier alpha value is -2.64. The molecule has 2 aliphatic rings. The molecule has 1 unspecified atom stereocenters. The Morgan fingerprint density at radius 2 is 1.84 bits per heavy atom. The van der Waals surface area contributed by atoms with Crippen molar-refractivity contribution in [3.63, 3.8) is 0 Å². The van der Waals surface area contributed by atoms with Crippen molar-refractivity contribution in [3.05, 3.63) is 70.0 Å². The topological polar surface area (TPSA) is 64.4 Å². The lowest BCUT2D eigenvalue weighted by atomic mass is 10.1. The van der Waals surface area contributed by atoms with Crippen molar-refractivity contribution in [2.75, 3.05) is 19.7 Å². The van der Waals surface area contributed by atoms with Gasteiger partial charge >= 0.3 is 0 Å². The van der Waals surface area contributed by atoms with Crippen molar-refractivity contribution in [2.45, 2.75) is 49.2 Å². The van der Waals surface area contributed by atoms with Gasteiger partial charge in [0.2, 0.25) is 0 Å². The molecule has 1 aromatic heterocycles. The Bertz CT molecular complexity index is 1160. The summed E-state index contributed by atoms with van der Waals surface area (Å²) in [6.45, 7) is 2.99. The van der Waals surface area contributed by atoms with Crippen LogP contribution in [0, 0.1) is 0 Å². The zero-order valence-electron chi connectivity index (χ0n) is 18.0. The summed E-state index contributed by atoms with van der Waals surface area (Å²) in [5, 5.41) is 1.35. The van der Waals surface area contributed by atoms with E-state index in [-0.39, 0.29) is 17.6 Å². The van der Waals surface area contributed by atoms with Gasteiger partial charge in [-0.1, -0.05) is 36.0 Å². The van der Waals surface area contributed by atoms with Gasteiger partial charge in [-0.05, 0) is 55.5 Å². The van der Waals surface area contributed by atoms with Gasteiger partial charge < -0.3 is 9.64 Å². The molecule has 2 aliphatic heterocycles. The lowest BCUT2D eigenvalue weighted by molar-refractivity contribution is 0.0792. The highest BCUT2D eigenvalue weighted by atomic mass is 32.2.